The van der Waals surface area contributed by atoms with Gasteiger partial charge in [-0.15, -0.1) is 0 Å². The number of ether oxygens (including phenoxy) is 1. The molecule has 0 aromatic heterocycles. The van der Waals surface area contributed by atoms with Crippen LogP contribution in [0, 0.1) is 5.92 Å². The Morgan fingerprint density at radius 1 is 1.44 bits per heavy atom. The van der Waals surface area contributed by atoms with Crippen LogP contribution in [0.5, 0.6) is 5.75 Å². The van der Waals surface area contributed by atoms with Crippen LogP contribution in [0.15, 0.2) is 18.2 Å². The summed E-state index contributed by atoms with van der Waals surface area (Å²) in [4.78, 5) is 0. The lowest BCUT2D eigenvalue weighted by atomic mass is 9.92. The van der Waals surface area contributed by atoms with Crippen molar-refractivity contribution in [2.45, 2.75) is 25.7 Å². The molecule has 1 unspecified atom stereocenters. The van der Waals surface area contributed by atoms with E-state index in [0.717, 1.165) is 26.4 Å². The summed E-state index contributed by atoms with van der Waals surface area (Å²) in [6, 6.07) is 4.88. The van der Waals surface area contributed by atoms with E-state index in [0.29, 0.717) is 23.7 Å². The van der Waals surface area contributed by atoms with E-state index in [2.05, 4.69) is 5.32 Å². The summed E-state index contributed by atoms with van der Waals surface area (Å²) in [7, 11) is 1.53. The zero-order valence-electron chi connectivity index (χ0n) is 10.8. The molecule has 1 aromatic rings. The molecule has 1 aromatic carbocycles. The van der Waals surface area contributed by atoms with E-state index in [1.807, 2.05) is 0 Å². The van der Waals surface area contributed by atoms with E-state index in [4.69, 9.17) is 4.74 Å². The van der Waals surface area contributed by atoms with Crippen LogP contribution in [0.25, 0.3) is 0 Å². The first-order chi connectivity index (χ1) is 8.52. The lowest BCUT2D eigenvalue weighted by Gasteiger charge is -2.20. The van der Waals surface area contributed by atoms with Crippen molar-refractivity contribution < 1.29 is 13.5 Å². The topological polar surface area (TPSA) is 21.3 Å². The van der Waals surface area contributed by atoms with Gasteiger partial charge in [-0.25, -0.2) is 8.78 Å². The summed E-state index contributed by atoms with van der Waals surface area (Å²) in [6.45, 7) is 2.81. The van der Waals surface area contributed by atoms with Crippen LogP contribution in [0.4, 0.5) is 8.78 Å². The molecule has 4 heteroatoms. The second-order valence-corrected chi connectivity index (χ2v) is 4.94. The van der Waals surface area contributed by atoms with Crippen LogP contribution in [-0.4, -0.2) is 20.2 Å². The van der Waals surface area contributed by atoms with Gasteiger partial charge in [-0.2, -0.15) is 0 Å². The van der Waals surface area contributed by atoms with Crippen LogP contribution in [0.3, 0.4) is 0 Å². The Bertz CT molecular complexity index is 409. The highest BCUT2D eigenvalue weighted by atomic mass is 19.3. The summed E-state index contributed by atoms with van der Waals surface area (Å²) < 4.78 is 32.5. The minimum absolute atomic E-state index is 0.0914. The fourth-order valence-corrected chi connectivity index (χ4v) is 2.56. The summed E-state index contributed by atoms with van der Waals surface area (Å²) in [5.74, 6) is -1.83. The highest BCUT2D eigenvalue weighted by molar-refractivity contribution is 5.42. The molecular formula is C14H19F2NO. The molecule has 1 heterocycles. The Labute approximate surface area is 106 Å². The summed E-state index contributed by atoms with van der Waals surface area (Å²) in [5, 5.41) is 3.26. The van der Waals surface area contributed by atoms with Gasteiger partial charge in [0.15, 0.2) is 0 Å². The number of benzene rings is 1. The molecule has 18 heavy (non-hydrogen) atoms. The molecule has 0 saturated carbocycles. The first kappa shape index (κ1) is 13.3. The molecule has 100 valence electrons. The number of alkyl halides is 2. The molecule has 1 atom stereocenters. The fraction of sp³-hybridized carbons (Fsp3) is 0.571. The maximum Gasteiger partial charge on any atom is 0.270 e. The van der Waals surface area contributed by atoms with E-state index in [1.165, 1.54) is 13.2 Å². The standard InChI is InChI=1S/C14H19F2NO/c1-14(15,16)12-4-3-5-13(18-2)11(12)8-10-6-7-17-9-10/h3-5,10,17H,6-9H2,1-2H3. The monoisotopic (exact) mass is 255 g/mol. The number of halogens is 2. The lowest BCUT2D eigenvalue weighted by Crippen LogP contribution is -2.16. The van der Waals surface area contributed by atoms with Crippen LogP contribution in [0.2, 0.25) is 0 Å². The van der Waals surface area contributed by atoms with E-state index >= 15 is 0 Å². The van der Waals surface area contributed by atoms with Crippen molar-refractivity contribution in [3.05, 3.63) is 29.3 Å². The van der Waals surface area contributed by atoms with Crippen molar-refractivity contribution in [3.8, 4) is 5.75 Å². The Morgan fingerprint density at radius 2 is 2.22 bits per heavy atom. The quantitative estimate of drug-likeness (QED) is 0.893. The van der Waals surface area contributed by atoms with Crippen LogP contribution < -0.4 is 10.1 Å². The van der Waals surface area contributed by atoms with Gasteiger partial charge in [0, 0.05) is 18.1 Å². The van der Waals surface area contributed by atoms with Crippen LogP contribution in [0.1, 0.15) is 24.5 Å². The van der Waals surface area contributed by atoms with Gasteiger partial charge in [-0.1, -0.05) is 12.1 Å². The third-order valence-electron chi connectivity index (χ3n) is 3.48. The number of nitrogens with one attached hydrogen (secondary N) is 1. The van der Waals surface area contributed by atoms with Crippen molar-refractivity contribution in [2.75, 3.05) is 20.2 Å². The van der Waals surface area contributed by atoms with E-state index in [-0.39, 0.29) is 5.56 Å². The number of rotatable bonds is 4. The zero-order valence-corrected chi connectivity index (χ0v) is 10.8. The van der Waals surface area contributed by atoms with Crippen molar-refractivity contribution in [1.82, 2.24) is 5.32 Å². The smallest absolute Gasteiger partial charge is 0.270 e. The lowest BCUT2D eigenvalue weighted by molar-refractivity contribution is 0.0161. The Kier molecular flexibility index (Phi) is 3.85. The first-order valence-electron chi connectivity index (χ1n) is 6.27. The predicted octanol–water partition coefficient (Wildman–Crippen LogP) is 2.96. The van der Waals surface area contributed by atoms with Gasteiger partial charge >= 0.3 is 0 Å². The highest BCUT2D eigenvalue weighted by Gasteiger charge is 2.30. The molecule has 0 aliphatic carbocycles. The molecule has 1 aliphatic heterocycles. The molecule has 0 spiro atoms. The van der Waals surface area contributed by atoms with Crippen molar-refractivity contribution in [1.29, 1.82) is 0 Å². The largest absolute Gasteiger partial charge is 0.496 e. The molecule has 0 radical (unpaired) electrons. The third-order valence-corrected chi connectivity index (χ3v) is 3.48. The SMILES string of the molecule is COc1cccc(C(C)(F)F)c1CC1CCNC1. The fourth-order valence-electron chi connectivity index (χ4n) is 2.56. The minimum Gasteiger partial charge on any atom is -0.496 e. The number of hydrogen-bond donors (Lipinski definition) is 1. The maximum absolute atomic E-state index is 13.6. The minimum atomic E-state index is -2.82. The number of methoxy groups -OCH3 is 1. The van der Waals surface area contributed by atoms with Crippen molar-refractivity contribution in [3.63, 3.8) is 0 Å². The normalized spacial score (nSPS) is 20.1. The van der Waals surface area contributed by atoms with Gasteiger partial charge in [0.05, 0.1) is 7.11 Å². The molecule has 1 aliphatic rings. The summed E-state index contributed by atoms with van der Waals surface area (Å²) >= 11 is 0. The van der Waals surface area contributed by atoms with Gasteiger partial charge in [0.25, 0.3) is 5.92 Å². The maximum atomic E-state index is 13.6. The molecule has 1 fully saturated rings. The van der Waals surface area contributed by atoms with E-state index in [9.17, 15) is 8.78 Å². The predicted molar refractivity (Wildman–Crippen MR) is 67.2 cm³/mol. The van der Waals surface area contributed by atoms with Gasteiger partial charge in [0.1, 0.15) is 5.75 Å². The van der Waals surface area contributed by atoms with E-state index < -0.39 is 5.92 Å². The Hall–Kier alpha value is -1.16. The molecule has 1 saturated heterocycles. The average molecular weight is 255 g/mol. The zero-order chi connectivity index (χ0) is 13.2. The number of hydrogen-bond acceptors (Lipinski definition) is 2. The average Bonchev–Trinajstić information content (AvgIpc) is 2.80. The third kappa shape index (κ3) is 2.80. The van der Waals surface area contributed by atoms with Crippen LogP contribution >= 0.6 is 0 Å². The van der Waals surface area contributed by atoms with Crippen molar-refractivity contribution in [2.24, 2.45) is 5.92 Å². The molecule has 1 N–H and O–H groups in total. The first-order valence-corrected chi connectivity index (χ1v) is 6.27. The Morgan fingerprint density at radius 3 is 2.78 bits per heavy atom. The highest BCUT2D eigenvalue weighted by Crippen LogP contribution is 2.36. The van der Waals surface area contributed by atoms with Gasteiger partial charge in [-0.05, 0) is 37.9 Å². The molecule has 2 rings (SSSR count). The molecule has 0 amide bonds. The van der Waals surface area contributed by atoms with Gasteiger partial charge < -0.3 is 10.1 Å². The van der Waals surface area contributed by atoms with Crippen molar-refractivity contribution >= 4 is 0 Å². The Balaban J connectivity index is 2.34. The molecular weight excluding hydrogens is 236 g/mol. The summed E-state index contributed by atoms with van der Waals surface area (Å²) in [5.41, 5.74) is 0.745. The molecule has 2 nitrogen and oxygen atoms in total. The van der Waals surface area contributed by atoms with Crippen LogP contribution in [-0.2, 0) is 12.3 Å². The van der Waals surface area contributed by atoms with E-state index in [1.54, 1.807) is 12.1 Å². The van der Waals surface area contributed by atoms with Gasteiger partial charge in [0.2, 0.25) is 0 Å². The molecule has 0 bridgehead atoms. The second kappa shape index (κ2) is 5.22. The summed E-state index contributed by atoms with van der Waals surface area (Å²) in [6.07, 6.45) is 1.68. The second-order valence-electron chi connectivity index (χ2n) is 4.94. The van der Waals surface area contributed by atoms with Gasteiger partial charge in [-0.3, -0.25) is 0 Å².